The van der Waals surface area contributed by atoms with Gasteiger partial charge in [0, 0.05) is 29.7 Å². The highest BCUT2D eigenvalue weighted by Crippen LogP contribution is 2.31. The lowest BCUT2D eigenvalue weighted by Crippen LogP contribution is -2.38. The molecule has 1 fully saturated rings. The van der Waals surface area contributed by atoms with E-state index >= 15 is 4.39 Å². The van der Waals surface area contributed by atoms with Crippen LogP contribution in [0, 0.1) is 11.6 Å². The van der Waals surface area contributed by atoms with Crippen molar-refractivity contribution in [2.24, 2.45) is 0 Å². The van der Waals surface area contributed by atoms with Gasteiger partial charge in [-0.1, -0.05) is 36.4 Å². The summed E-state index contributed by atoms with van der Waals surface area (Å²) in [4.78, 5) is 8.91. The first-order valence-corrected chi connectivity index (χ1v) is 13.3. The van der Waals surface area contributed by atoms with Gasteiger partial charge < -0.3 is 10.6 Å². The molecule has 1 saturated heterocycles. The zero-order chi connectivity index (χ0) is 25.1. The summed E-state index contributed by atoms with van der Waals surface area (Å²) in [5.74, 6) is -2.23. The number of hydrogen-bond donors (Lipinski definition) is 3. The maximum atomic E-state index is 15.0. The Balaban J connectivity index is 0.00000320. The van der Waals surface area contributed by atoms with Gasteiger partial charge in [-0.05, 0) is 54.8 Å². The fraction of sp³-hybridized carbons (Fsp3) is 0.231. The normalized spacial score (nSPS) is 15.7. The van der Waals surface area contributed by atoms with Crippen LogP contribution in [-0.4, -0.2) is 37.5 Å². The van der Waals surface area contributed by atoms with Crippen molar-refractivity contribution in [3.63, 3.8) is 0 Å². The fourth-order valence-electron chi connectivity index (χ4n) is 4.28. The lowest BCUT2D eigenvalue weighted by atomic mass is 10.0. The van der Waals surface area contributed by atoms with E-state index < -0.39 is 27.3 Å². The van der Waals surface area contributed by atoms with Crippen LogP contribution in [0.15, 0.2) is 66.9 Å². The number of piperidine rings is 1. The van der Waals surface area contributed by atoms with E-state index in [1.54, 1.807) is 54.7 Å². The molecule has 1 aromatic heterocycles. The highest BCUT2D eigenvalue weighted by molar-refractivity contribution is 7.91. The van der Waals surface area contributed by atoms with Gasteiger partial charge in [-0.3, -0.25) is 4.72 Å². The Bertz CT molecular complexity index is 1500. The molecule has 3 aromatic carbocycles. The van der Waals surface area contributed by atoms with Crippen LogP contribution in [0.4, 0.5) is 20.4 Å². The molecule has 1 aliphatic heterocycles. The van der Waals surface area contributed by atoms with Crippen molar-refractivity contribution < 1.29 is 17.2 Å². The summed E-state index contributed by atoms with van der Waals surface area (Å²) >= 11 is 0. The van der Waals surface area contributed by atoms with Crippen molar-refractivity contribution in [2.75, 3.05) is 23.1 Å². The Kier molecular flexibility index (Phi) is 8.21. The Morgan fingerprint density at radius 3 is 2.59 bits per heavy atom. The monoisotopic (exact) mass is 545 g/mol. The molecule has 4 aromatic rings. The van der Waals surface area contributed by atoms with Gasteiger partial charge >= 0.3 is 0 Å². The maximum Gasteiger partial charge on any atom is 0.237 e. The van der Waals surface area contributed by atoms with Gasteiger partial charge in [0.1, 0.15) is 0 Å². The third-order valence-electron chi connectivity index (χ3n) is 6.07. The van der Waals surface area contributed by atoms with Gasteiger partial charge in [0.2, 0.25) is 16.0 Å². The smallest absolute Gasteiger partial charge is 0.237 e. The predicted octanol–water partition coefficient (Wildman–Crippen LogP) is 5.10. The third-order valence-corrected chi connectivity index (χ3v) is 7.31. The number of aromatic nitrogens is 2. The van der Waals surface area contributed by atoms with Crippen LogP contribution >= 0.6 is 12.4 Å². The number of halogens is 3. The van der Waals surface area contributed by atoms with Gasteiger partial charge in [-0.2, -0.15) is 0 Å². The third kappa shape index (κ3) is 6.33. The fourth-order valence-corrected chi connectivity index (χ4v) is 5.47. The highest BCUT2D eigenvalue weighted by atomic mass is 35.5. The molecule has 0 radical (unpaired) electrons. The van der Waals surface area contributed by atoms with E-state index in [2.05, 4.69) is 25.3 Å². The molecule has 11 heteroatoms. The lowest BCUT2D eigenvalue weighted by Gasteiger charge is -2.23. The molecule has 5 rings (SSSR count). The van der Waals surface area contributed by atoms with Gasteiger partial charge in [0.05, 0.1) is 17.0 Å². The first-order chi connectivity index (χ1) is 17.4. The standard InChI is InChI=1S/C26H25F2N5O2S.ClH/c27-24-21(9-11-23(25(24)28)33-36(34,35)16-17-5-2-1-3-6-17)18-8-10-22-19(13-18)14-30-26(32-22)31-20-7-4-12-29-15-20;/h1-3,5-6,8-11,13-14,20,29,33H,4,7,12,15-16H2,(H,30,31,32);1H/t20-;/m0./s1. The molecular formula is C26H26ClF2N5O2S. The minimum Gasteiger partial charge on any atom is -0.350 e. The molecule has 0 spiro atoms. The summed E-state index contributed by atoms with van der Waals surface area (Å²) in [5, 5.41) is 7.33. The molecule has 0 amide bonds. The first-order valence-electron chi connectivity index (χ1n) is 11.6. The predicted molar refractivity (Wildman–Crippen MR) is 144 cm³/mol. The average molecular weight is 546 g/mol. The molecule has 7 nitrogen and oxygen atoms in total. The maximum absolute atomic E-state index is 15.0. The lowest BCUT2D eigenvalue weighted by molar-refractivity contribution is 0.478. The molecule has 0 aliphatic carbocycles. The minimum atomic E-state index is -3.93. The van der Waals surface area contributed by atoms with Crippen LogP contribution in [0.25, 0.3) is 22.0 Å². The van der Waals surface area contributed by atoms with Crippen LogP contribution in [0.1, 0.15) is 18.4 Å². The van der Waals surface area contributed by atoms with E-state index in [0.29, 0.717) is 28.0 Å². The number of fused-ring (bicyclic) bond motifs is 1. The second-order valence-electron chi connectivity index (χ2n) is 8.79. The number of nitrogens with zero attached hydrogens (tertiary/aromatic N) is 2. The van der Waals surface area contributed by atoms with E-state index in [0.717, 1.165) is 25.9 Å². The van der Waals surface area contributed by atoms with Gasteiger partial charge in [0.25, 0.3) is 0 Å². The Morgan fingerprint density at radius 1 is 1.03 bits per heavy atom. The molecular weight excluding hydrogens is 520 g/mol. The Labute approximate surface area is 220 Å². The Hall–Kier alpha value is -3.34. The van der Waals surface area contributed by atoms with Crippen molar-refractivity contribution in [2.45, 2.75) is 24.6 Å². The second-order valence-corrected chi connectivity index (χ2v) is 10.5. The van der Waals surface area contributed by atoms with Crippen molar-refractivity contribution in [3.8, 4) is 11.1 Å². The van der Waals surface area contributed by atoms with Crippen LogP contribution < -0.4 is 15.4 Å². The minimum absolute atomic E-state index is 0. The van der Waals surface area contributed by atoms with Crippen molar-refractivity contribution in [3.05, 3.63) is 84.1 Å². The molecule has 1 aliphatic rings. The van der Waals surface area contributed by atoms with E-state index in [1.807, 2.05) is 0 Å². The summed E-state index contributed by atoms with van der Waals surface area (Å²) < 4.78 is 57.0. The van der Waals surface area contributed by atoms with E-state index in [9.17, 15) is 12.8 Å². The van der Waals surface area contributed by atoms with Crippen LogP contribution in [0.2, 0.25) is 0 Å². The van der Waals surface area contributed by atoms with Gasteiger partial charge in [-0.25, -0.2) is 27.2 Å². The second kappa shape index (κ2) is 11.4. The first kappa shape index (κ1) is 26.7. The molecule has 0 unspecified atom stereocenters. The summed E-state index contributed by atoms with van der Waals surface area (Å²) in [6, 6.07) is 16.4. The largest absolute Gasteiger partial charge is 0.350 e. The SMILES string of the molecule is Cl.O=S(=O)(Cc1ccccc1)Nc1ccc(-c2ccc3nc(N[C@H]4CCCNC4)ncc3c2)c(F)c1F. The molecule has 2 heterocycles. The summed E-state index contributed by atoms with van der Waals surface area (Å²) in [6.45, 7) is 1.86. The summed E-state index contributed by atoms with van der Waals surface area (Å²) in [6.07, 6.45) is 3.77. The van der Waals surface area contributed by atoms with E-state index in [4.69, 9.17) is 0 Å². The number of sulfonamides is 1. The number of benzene rings is 3. The van der Waals surface area contributed by atoms with Crippen molar-refractivity contribution in [1.29, 1.82) is 0 Å². The highest BCUT2D eigenvalue weighted by Gasteiger charge is 2.20. The molecule has 194 valence electrons. The van der Waals surface area contributed by atoms with Gasteiger partial charge in [-0.15, -0.1) is 12.4 Å². The average Bonchev–Trinajstić information content (AvgIpc) is 2.87. The van der Waals surface area contributed by atoms with Crippen molar-refractivity contribution in [1.82, 2.24) is 15.3 Å². The molecule has 0 bridgehead atoms. The molecule has 3 N–H and O–H groups in total. The van der Waals surface area contributed by atoms with E-state index in [1.165, 1.54) is 12.1 Å². The van der Waals surface area contributed by atoms with Crippen LogP contribution in [0.5, 0.6) is 0 Å². The zero-order valence-electron chi connectivity index (χ0n) is 19.7. The summed E-state index contributed by atoms with van der Waals surface area (Å²) in [5.41, 5.74) is 1.21. The van der Waals surface area contributed by atoms with Crippen molar-refractivity contribution >= 4 is 45.0 Å². The van der Waals surface area contributed by atoms with Crippen LogP contribution in [0.3, 0.4) is 0 Å². The number of hydrogen-bond acceptors (Lipinski definition) is 6. The molecule has 0 saturated carbocycles. The topological polar surface area (TPSA) is 96.0 Å². The summed E-state index contributed by atoms with van der Waals surface area (Å²) in [7, 11) is -3.93. The molecule has 1 atom stereocenters. The number of rotatable bonds is 7. The quantitative estimate of drug-likeness (QED) is 0.299. The molecule has 37 heavy (non-hydrogen) atoms. The number of anilines is 2. The van der Waals surface area contributed by atoms with Gasteiger partial charge in [0.15, 0.2) is 11.6 Å². The van der Waals surface area contributed by atoms with E-state index in [-0.39, 0.29) is 29.8 Å². The zero-order valence-corrected chi connectivity index (χ0v) is 21.4. The number of nitrogens with one attached hydrogen (secondary N) is 3. The van der Waals surface area contributed by atoms with Crippen LogP contribution in [-0.2, 0) is 15.8 Å². The Morgan fingerprint density at radius 2 is 1.84 bits per heavy atom.